The summed E-state index contributed by atoms with van der Waals surface area (Å²) in [7, 11) is -2.62. The topological polar surface area (TPSA) is 141 Å². The van der Waals surface area contributed by atoms with Gasteiger partial charge in [0.1, 0.15) is 5.75 Å². The zero-order valence-electron chi connectivity index (χ0n) is 15.2. The number of carbonyl (C=O) groups excluding carboxylic acids is 2. The molecule has 29 heavy (non-hydrogen) atoms. The lowest BCUT2D eigenvalue weighted by Crippen LogP contribution is -2.17. The summed E-state index contributed by atoms with van der Waals surface area (Å²) in [4.78, 5) is 24.3. The highest BCUT2D eigenvalue weighted by Gasteiger charge is 2.17. The molecule has 0 radical (unpaired) electrons. The molecule has 1 heterocycles. The summed E-state index contributed by atoms with van der Waals surface area (Å²) in [6.45, 7) is 0. The minimum Gasteiger partial charge on any atom is -0.496 e. The third kappa shape index (κ3) is 4.81. The van der Waals surface area contributed by atoms with E-state index in [1.165, 1.54) is 31.6 Å². The average Bonchev–Trinajstić information content (AvgIpc) is 3.23. The van der Waals surface area contributed by atoms with Crippen LogP contribution in [0.4, 0.5) is 11.4 Å². The van der Waals surface area contributed by atoms with E-state index in [1.54, 1.807) is 30.3 Å². The van der Waals surface area contributed by atoms with Crippen LogP contribution in [0.25, 0.3) is 0 Å². The van der Waals surface area contributed by atoms with E-state index in [0.717, 1.165) is 6.07 Å². The van der Waals surface area contributed by atoms with Gasteiger partial charge in [0.05, 0.1) is 23.8 Å². The number of primary sulfonamides is 1. The first kappa shape index (κ1) is 20.1. The first-order valence-corrected chi connectivity index (χ1v) is 9.79. The van der Waals surface area contributed by atoms with E-state index in [2.05, 4.69) is 10.6 Å². The van der Waals surface area contributed by atoms with E-state index in [-0.39, 0.29) is 22.0 Å². The Morgan fingerprint density at radius 1 is 0.966 bits per heavy atom. The second-order valence-electron chi connectivity index (χ2n) is 5.87. The number of sulfonamides is 1. The minimum atomic E-state index is -3.98. The predicted molar refractivity (Wildman–Crippen MR) is 105 cm³/mol. The van der Waals surface area contributed by atoms with Gasteiger partial charge >= 0.3 is 0 Å². The Kier molecular flexibility index (Phi) is 5.66. The molecule has 0 aliphatic rings. The number of nitrogens with one attached hydrogen (secondary N) is 2. The summed E-state index contributed by atoms with van der Waals surface area (Å²) >= 11 is 0. The smallest absolute Gasteiger partial charge is 0.291 e. The molecule has 1 aromatic heterocycles. The fraction of sp³-hybridized carbons (Fsp3) is 0.0526. The number of rotatable bonds is 6. The van der Waals surface area contributed by atoms with Crippen LogP contribution in [-0.4, -0.2) is 27.3 Å². The predicted octanol–water partition coefficient (Wildman–Crippen LogP) is 2.44. The number of anilines is 2. The van der Waals surface area contributed by atoms with Crippen molar-refractivity contribution in [1.82, 2.24) is 0 Å². The zero-order valence-corrected chi connectivity index (χ0v) is 16.0. The van der Waals surface area contributed by atoms with Crippen molar-refractivity contribution < 1.29 is 27.2 Å². The van der Waals surface area contributed by atoms with Crippen molar-refractivity contribution >= 4 is 33.2 Å². The lowest BCUT2D eigenvalue weighted by Gasteiger charge is -2.11. The zero-order chi connectivity index (χ0) is 21.0. The number of ether oxygens (including phenoxy) is 1. The Morgan fingerprint density at radius 3 is 2.10 bits per heavy atom. The number of hydrogen-bond acceptors (Lipinski definition) is 6. The maximum Gasteiger partial charge on any atom is 0.291 e. The maximum atomic E-state index is 12.6. The number of amides is 2. The van der Waals surface area contributed by atoms with Crippen molar-refractivity contribution in [2.24, 2.45) is 5.14 Å². The van der Waals surface area contributed by atoms with Crippen LogP contribution in [0.15, 0.2) is 70.2 Å². The molecule has 10 heteroatoms. The Balaban J connectivity index is 1.75. The van der Waals surface area contributed by atoms with Crippen LogP contribution >= 0.6 is 0 Å². The molecule has 9 nitrogen and oxygen atoms in total. The molecule has 0 fully saturated rings. The SMILES string of the molecule is COc1ccc(S(N)(=O)=O)cc1C(=O)Nc1ccc(NC(=O)c2ccco2)cc1. The number of benzene rings is 2. The molecular formula is C19H17N3O6S. The molecule has 0 saturated carbocycles. The Hall–Kier alpha value is -3.63. The molecule has 150 valence electrons. The van der Waals surface area contributed by atoms with Crippen molar-refractivity contribution in [3.63, 3.8) is 0 Å². The van der Waals surface area contributed by atoms with E-state index in [1.807, 2.05) is 0 Å². The van der Waals surface area contributed by atoms with Crippen LogP contribution in [-0.2, 0) is 10.0 Å². The lowest BCUT2D eigenvalue weighted by molar-refractivity contribution is 0.0994. The van der Waals surface area contributed by atoms with Crippen molar-refractivity contribution in [2.75, 3.05) is 17.7 Å². The summed E-state index contributed by atoms with van der Waals surface area (Å²) in [6, 6.07) is 13.2. The normalized spacial score (nSPS) is 11.0. The summed E-state index contributed by atoms with van der Waals surface area (Å²) < 4.78 is 33.2. The van der Waals surface area contributed by atoms with Crippen molar-refractivity contribution in [3.8, 4) is 5.75 Å². The number of nitrogens with two attached hydrogens (primary N) is 1. The molecule has 0 unspecified atom stereocenters. The summed E-state index contributed by atoms with van der Waals surface area (Å²) in [5.74, 6) is -0.627. The first-order valence-electron chi connectivity index (χ1n) is 8.25. The van der Waals surface area contributed by atoms with Gasteiger partial charge < -0.3 is 19.8 Å². The molecule has 0 bridgehead atoms. The Morgan fingerprint density at radius 2 is 1.59 bits per heavy atom. The molecule has 2 amide bonds. The van der Waals surface area contributed by atoms with Gasteiger partial charge in [-0.1, -0.05) is 0 Å². The van der Waals surface area contributed by atoms with E-state index < -0.39 is 21.8 Å². The maximum absolute atomic E-state index is 12.6. The van der Waals surface area contributed by atoms with Gasteiger partial charge in [-0.15, -0.1) is 0 Å². The van der Waals surface area contributed by atoms with Gasteiger partial charge in [0.2, 0.25) is 10.0 Å². The molecule has 0 aliphatic carbocycles. The van der Waals surface area contributed by atoms with Crippen LogP contribution < -0.4 is 20.5 Å². The summed E-state index contributed by atoms with van der Waals surface area (Å²) in [5.41, 5.74) is 0.932. The number of furan rings is 1. The lowest BCUT2D eigenvalue weighted by atomic mass is 10.1. The average molecular weight is 415 g/mol. The molecule has 0 saturated heterocycles. The second-order valence-corrected chi connectivity index (χ2v) is 7.43. The number of methoxy groups -OCH3 is 1. The van der Waals surface area contributed by atoms with Crippen LogP contribution in [0, 0.1) is 0 Å². The van der Waals surface area contributed by atoms with Crippen LogP contribution in [0.2, 0.25) is 0 Å². The molecule has 3 aromatic rings. The second kappa shape index (κ2) is 8.17. The molecule has 0 spiro atoms. The molecule has 4 N–H and O–H groups in total. The van der Waals surface area contributed by atoms with E-state index >= 15 is 0 Å². The Bertz CT molecular complexity index is 1140. The van der Waals surface area contributed by atoms with Crippen molar-refractivity contribution in [2.45, 2.75) is 4.90 Å². The van der Waals surface area contributed by atoms with E-state index in [9.17, 15) is 18.0 Å². The van der Waals surface area contributed by atoms with E-state index in [4.69, 9.17) is 14.3 Å². The van der Waals surface area contributed by atoms with Crippen molar-refractivity contribution in [3.05, 3.63) is 72.2 Å². The standard InChI is InChI=1S/C19H17N3O6S/c1-27-16-9-8-14(29(20,25)26)11-15(16)18(23)21-12-4-6-13(7-5-12)22-19(24)17-3-2-10-28-17/h2-11H,1H3,(H,21,23)(H,22,24)(H2,20,25,26). The largest absolute Gasteiger partial charge is 0.496 e. The van der Waals surface area contributed by atoms with Gasteiger partial charge in [-0.2, -0.15) is 0 Å². The van der Waals surface area contributed by atoms with Gasteiger partial charge in [-0.05, 0) is 54.6 Å². The quantitative estimate of drug-likeness (QED) is 0.565. The van der Waals surface area contributed by atoms with Crippen LogP contribution in [0.5, 0.6) is 5.75 Å². The fourth-order valence-corrected chi connectivity index (χ4v) is 3.02. The fourth-order valence-electron chi connectivity index (χ4n) is 2.48. The van der Waals surface area contributed by atoms with Gasteiger partial charge in [0, 0.05) is 11.4 Å². The monoisotopic (exact) mass is 415 g/mol. The third-order valence-corrected chi connectivity index (χ3v) is 4.80. The summed E-state index contributed by atoms with van der Waals surface area (Å²) in [5, 5.41) is 10.4. The third-order valence-electron chi connectivity index (χ3n) is 3.89. The number of hydrogen-bond donors (Lipinski definition) is 3. The van der Waals surface area contributed by atoms with Crippen molar-refractivity contribution in [1.29, 1.82) is 0 Å². The van der Waals surface area contributed by atoms with Crippen LogP contribution in [0.3, 0.4) is 0 Å². The van der Waals surface area contributed by atoms with E-state index in [0.29, 0.717) is 11.4 Å². The highest BCUT2D eigenvalue weighted by Crippen LogP contribution is 2.24. The van der Waals surface area contributed by atoms with Gasteiger partial charge in [-0.3, -0.25) is 9.59 Å². The van der Waals surface area contributed by atoms with Gasteiger partial charge in [0.25, 0.3) is 11.8 Å². The van der Waals surface area contributed by atoms with Gasteiger partial charge in [-0.25, -0.2) is 13.6 Å². The molecular weight excluding hydrogens is 398 g/mol. The highest BCUT2D eigenvalue weighted by atomic mass is 32.2. The highest BCUT2D eigenvalue weighted by molar-refractivity contribution is 7.89. The molecule has 2 aromatic carbocycles. The first-order chi connectivity index (χ1) is 13.8. The Labute approximate surface area is 166 Å². The molecule has 0 atom stereocenters. The molecule has 0 aliphatic heterocycles. The minimum absolute atomic E-state index is 0.00854. The van der Waals surface area contributed by atoms with Gasteiger partial charge in [0.15, 0.2) is 5.76 Å². The molecule has 3 rings (SSSR count). The van der Waals surface area contributed by atoms with Crippen LogP contribution in [0.1, 0.15) is 20.9 Å². The summed E-state index contributed by atoms with van der Waals surface area (Å²) in [6.07, 6.45) is 1.40. The number of carbonyl (C=O) groups is 2.